The molecule has 0 aromatic heterocycles. The monoisotopic (exact) mass is 334 g/mol. The fourth-order valence-electron chi connectivity index (χ4n) is 2.13. The van der Waals surface area contributed by atoms with E-state index in [2.05, 4.69) is 0 Å². The molecule has 0 N–H and O–H groups in total. The SMILES string of the molecule is CC(C)(C)OC(=O)N1CC(=C[C@H](OCc2ccccc2)[N+](=O)[O-])C1. The first-order valence-corrected chi connectivity index (χ1v) is 7.71. The first-order valence-electron chi connectivity index (χ1n) is 7.71. The lowest BCUT2D eigenvalue weighted by Gasteiger charge is -2.35. The van der Waals surface area contributed by atoms with Gasteiger partial charge in [0.05, 0.1) is 11.5 Å². The number of amides is 1. The molecule has 7 heteroatoms. The summed E-state index contributed by atoms with van der Waals surface area (Å²) in [4.78, 5) is 24.0. The molecule has 24 heavy (non-hydrogen) atoms. The molecular weight excluding hydrogens is 312 g/mol. The maximum Gasteiger partial charge on any atom is 0.410 e. The van der Waals surface area contributed by atoms with Crippen LogP contribution in [-0.4, -0.2) is 40.8 Å². The van der Waals surface area contributed by atoms with Gasteiger partial charge in [-0.15, -0.1) is 0 Å². The first kappa shape index (κ1) is 17.9. The second-order valence-electron chi connectivity index (χ2n) is 6.63. The van der Waals surface area contributed by atoms with Gasteiger partial charge in [0.2, 0.25) is 0 Å². The molecule has 1 heterocycles. The molecule has 7 nitrogen and oxygen atoms in total. The highest BCUT2D eigenvalue weighted by molar-refractivity contribution is 5.70. The molecular formula is C17H22N2O5. The Hall–Kier alpha value is -2.41. The van der Waals surface area contributed by atoms with E-state index < -0.39 is 22.8 Å². The number of ether oxygens (including phenoxy) is 2. The van der Waals surface area contributed by atoms with Crippen LogP contribution < -0.4 is 0 Å². The number of likely N-dealkylation sites (tertiary alicyclic amines) is 1. The Morgan fingerprint density at radius 3 is 2.50 bits per heavy atom. The van der Waals surface area contributed by atoms with Gasteiger partial charge in [-0.3, -0.25) is 10.1 Å². The van der Waals surface area contributed by atoms with Crippen molar-refractivity contribution < 1.29 is 19.2 Å². The van der Waals surface area contributed by atoms with Crippen molar-refractivity contribution in [2.45, 2.75) is 39.2 Å². The summed E-state index contributed by atoms with van der Waals surface area (Å²) in [6, 6.07) is 9.26. The quantitative estimate of drug-likeness (QED) is 0.358. The van der Waals surface area contributed by atoms with Crippen LogP contribution in [0, 0.1) is 10.1 Å². The molecule has 0 aliphatic carbocycles. The highest BCUT2D eigenvalue weighted by Crippen LogP contribution is 2.20. The Balaban J connectivity index is 1.86. The van der Waals surface area contributed by atoms with Crippen LogP contribution in [0.25, 0.3) is 0 Å². The van der Waals surface area contributed by atoms with Gasteiger partial charge in [-0.25, -0.2) is 4.79 Å². The van der Waals surface area contributed by atoms with Crippen LogP contribution in [0.3, 0.4) is 0 Å². The van der Waals surface area contributed by atoms with Gasteiger partial charge < -0.3 is 14.4 Å². The van der Waals surface area contributed by atoms with Crippen LogP contribution in [0.2, 0.25) is 0 Å². The number of nitrogens with zero attached hydrogens (tertiary/aromatic N) is 2. The van der Waals surface area contributed by atoms with Crippen molar-refractivity contribution >= 4 is 6.09 Å². The molecule has 0 spiro atoms. The molecule has 1 atom stereocenters. The maximum atomic E-state index is 11.8. The molecule has 0 radical (unpaired) electrons. The van der Waals surface area contributed by atoms with Crippen LogP contribution in [0.15, 0.2) is 42.0 Å². The van der Waals surface area contributed by atoms with E-state index in [0.717, 1.165) is 11.1 Å². The predicted molar refractivity (Wildman–Crippen MR) is 87.9 cm³/mol. The molecule has 1 fully saturated rings. The van der Waals surface area contributed by atoms with E-state index in [4.69, 9.17) is 9.47 Å². The van der Waals surface area contributed by atoms with Gasteiger partial charge in [-0.1, -0.05) is 30.3 Å². The van der Waals surface area contributed by atoms with Crippen LogP contribution in [-0.2, 0) is 16.1 Å². The first-order chi connectivity index (χ1) is 11.2. The lowest BCUT2D eigenvalue weighted by Crippen LogP contribution is -2.47. The number of carbonyl (C=O) groups is 1. The van der Waals surface area contributed by atoms with Gasteiger partial charge in [0.1, 0.15) is 5.60 Å². The summed E-state index contributed by atoms with van der Waals surface area (Å²) in [6.45, 7) is 6.19. The number of nitro groups is 1. The second-order valence-corrected chi connectivity index (χ2v) is 6.63. The van der Waals surface area contributed by atoms with Crippen LogP contribution in [0.5, 0.6) is 0 Å². The van der Waals surface area contributed by atoms with Crippen LogP contribution in [0.1, 0.15) is 26.3 Å². The summed E-state index contributed by atoms with van der Waals surface area (Å²) in [7, 11) is 0. The molecule has 1 aromatic rings. The van der Waals surface area contributed by atoms with Crippen LogP contribution in [0.4, 0.5) is 4.79 Å². The fraction of sp³-hybridized carbons (Fsp3) is 0.471. The molecule has 1 aromatic carbocycles. The molecule has 1 amide bonds. The molecule has 2 rings (SSSR count). The average molecular weight is 334 g/mol. The fourth-order valence-corrected chi connectivity index (χ4v) is 2.13. The minimum atomic E-state index is -1.22. The predicted octanol–water partition coefficient (Wildman–Crippen LogP) is 2.98. The number of rotatable bonds is 5. The Bertz CT molecular complexity index is 614. The molecule has 1 aliphatic rings. The number of hydrogen-bond donors (Lipinski definition) is 0. The molecule has 1 saturated heterocycles. The zero-order valence-corrected chi connectivity index (χ0v) is 14.1. The van der Waals surface area contributed by atoms with Crippen molar-refractivity contribution in [2.24, 2.45) is 0 Å². The van der Waals surface area contributed by atoms with Gasteiger partial charge >= 0.3 is 12.3 Å². The summed E-state index contributed by atoms with van der Waals surface area (Å²) in [6.07, 6.45) is -0.174. The Labute approximate surface area is 141 Å². The standard InChI is InChI=1S/C17H22N2O5/c1-17(2,3)24-16(20)18-10-14(11-18)9-15(19(21)22)23-12-13-7-5-4-6-8-13/h4-9,15H,10-12H2,1-3H3/t15-/m0/s1. The molecule has 0 saturated carbocycles. The normalized spacial score (nSPS) is 15.5. The largest absolute Gasteiger partial charge is 0.444 e. The summed E-state index contributed by atoms with van der Waals surface area (Å²) in [5.74, 6) is 0. The number of hydrogen-bond acceptors (Lipinski definition) is 5. The maximum absolute atomic E-state index is 11.8. The van der Waals surface area contributed by atoms with Gasteiger partial charge in [0, 0.05) is 19.2 Å². The molecule has 130 valence electrons. The lowest BCUT2D eigenvalue weighted by atomic mass is 10.1. The van der Waals surface area contributed by atoms with E-state index in [0.29, 0.717) is 13.1 Å². The zero-order valence-electron chi connectivity index (χ0n) is 14.1. The third-order valence-electron chi connectivity index (χ3n) is 3.29. The van der Waals surface area contributed by atoms with Crippen molar-refractivity contribution in [2.75, 3.05) is 13.1 Å². The van der Waals surface area contributed by atoms with E-state index in [1.807, 2.05) is 30.3 Å². The van der Waals surface area contributed by atoms with E-state index in [1.165, 1.54) is 11.0 Å². The smallest absolute Gasteiger partial charge is 0.410 e. The summed E-state index contributed by atoms with van der Waals surface area (Å²) < 4.78 is 10.6. The van der Waals surface area contributed by atoms with Crippen molar-refractivity contribution in [1.29, 1.82) is 0 Å². The molecule has 0 bridgehead atoms. The Morgan fingerprint density at radius 2 is 1.96 bits per heavy atom. The third kappa shape index (κ3) is 5.34. The highest BCUT2D eigenvalue weighted by Gasteiger charge is 2.31. The van der Waals surface area contributed by atoms with Crippen molar-refractivity contribution in [3.05, 3.63) is 57.7 Å². The van der Waals surface area contributed by atoms with E-state index in [-0.39, 0.29) is 6.61 Å². The minimum absolute atomic E-state index is 0.159. The van der Waals surface area contributed by atoms with Gasteiger partial charge in [0.25, 0.3) is 0 Å². The molecule has 0 unspecified atom stereocenters. The molecule has 1 aliphatic heterocycles. The topological polar surface area (TPSA) is 81.9 Å². The van der Waals surface area contributed by atoms with Gasteiger partial charge in [0.15, 0.2) is 0 Å². The van der Waals surface area contributed by atoms with Crippen molar-refractivity contribution in [3.8, 4) is 0 Å². The lowest BCUT2D eigenvalue weighted by molar-refractivity contribution is -0.562. The Morgan fingerprint density at radius 1 is 1.33 bits per heavy atom. The van der Waals surface area contributed by atoms with E-state index in [9.17, 15) is 14.9 Å². The van der Waals surface area contributed by atoms with E-state index >= 15 is 0 Å². The second kappa shape index (κ2) is 7.44. The van der Waals surface area contributed by atoms with Crippen LogP contribution >= 0.6 is 0 Å². The summed E-state index contributed by atoms with van der Waals surface area (Å²) in [5.41, 5.74) is 1.10. The van der Waals surface area contributed by atoms with Gasteiger partial charge in [-0.05, 0) is 31.9 Å². The number of carbonyl (C=O) groups excluding carboxylic acids is 1. The number of benzene rings is 1. The average Bonchev–Trinajstić information content (AvgIpc) is 2.43. The Kier molecular flexibility index (Phi) is 5.56. The van der Waals surface area contributed by atoms with E-state index in [1.54, 1.807) is 20.8 Å². The zero-order chi connectivity index (χ0) is 17.7. The third-order valence-corrected chi connectivity index (χ3v) is 3.29. The summed E-state index contributed by atoms with van der Waals surface area (Å²) >= 11 is 0. The van der Waals surface area contributed by atoms with Crippen molar-refractivity contribution in [1.82, 2.24) is 4.90 Å². The minimum Gasteiger partial charge on any atom is -0.444 e. The highest BCUT2D eigenvalue weighted by atomic mass is 16.7. The summed E-state index contributed by atoms with van der Waals surface area (Å²) in [5, 5.41) is 11.1. The van der Waals surface area contributed by atoms with Gasteiger partial charge in [-0.2, -0.15) is 0 Å². The van der Waals surface area contributed by atoms with Crippen molar-refractivity contribution in [3.63, 3.8) is 0 Å².